The van der Waals surface area contributed by atoms with Crippen LogP contribution in [0.15, 0.2) is 48.5 Å². The number of hydrogen-bond donors (Lipinski definition) is 1. The molecule has 1 saturated heterocycles. The largest absolute Gasteiger partial charge is 0.573 e. The van der Waals surface area contributed by atoms with E-state index in [-0.39, 0.29) is 24.1 Å². The van der Waals surface area contributed by atoms with Crippen molar-refractivity contribution in [1.29, 1.82) is 0 Å². The molecule has 9 heteroatoms. The number of alkyl halides is 3. The summed E-state index contributed by atoms with van der Waals surface area (Å²) in [4.78, 5) is 27.7. The van der Waals surface area contributed by atoms with Crippen molar-refractivity contribution in [3.63, 3.8) is 0 Å². The molecule has 0 aliphatic carbocycles. The molecule has 2 aromatic carbocycles. The predicted molar refractivity (Wildman–Crippen MR) is 106 cm³/mol. The molecule has 3 rings (SSSR count). The Bertz CT molecular complexity index is 900. The maximum atomic E-state index is 12.3. The molecule has 1 aliphatic heterocycles. The van der Waals surface area contributed by atoms with Crippen molar-refractivity contribution in [3.8, 4) is 5.75 Å². The summed E-state index contributed by atoms with van der Waals surface area (Å²) in [5, 5.41) is 2.81. The van der Waals surface area contributed by atoms with E-state index in [9.17, 15) is 22.8 Å². The van der Waals surface area contributed by atoms with Gasteiger partial charge in [0, 0.05) is 30.9 Å². The number of likely N-dealkylation sites (N-methyl/N-ethyl adjacent to an activating group) is 1. The zero-order valence-electron chi connectivity index (χ0n) is 16.4. The van der Waals surface area contributed by atoms with Gasteiger partial charge in [-0.3, -0.25) is 14.5 Å². The lowest BCUT2D eigenvalue weighted by Gasteiger charge is -2.18. The number of nitrogens with one attached hydrogen (secondary N) is 1. The molecule has 0 unspecified atom stereocenters. The van der Waals surface area contributed by atoms with Crippen LogP contribution in [-0.4, -0.2) is 43.2 Å². The molecule has 2 amide bonds. The lowest BCUT2D eigenvalue weighted by molar-refractivity contribution is -0.274. The Kier molecular flexibility index (Phi) is 6.61. The highest BCUT2D eigenvalue weighted by Gasteiger charge is 2.31. The van der Waals surface area contributed by atoms with Gasteiger partial charge in [-0.15, -0.1) is 13.2 Å². The Morgan fingerprint density at radius 1 is 1.20 bits per heavy atom. The van der Waals surface area contributed by atoms with E-state index < -0.39 is 6.36 Å². The number of rotatable bonds is 7. The summed E-state index contributed by atoms with van der Waals surface area (Å²) in [6.45, 7) is 1.14. The van der Waals surface area contributed by atoms with E-state index in [0.717, 1.165) is 17.7 Å². The first kappa shape index (κ1) is 21.6. The Balaban J connectivity index is 1.52. The van der Waals surface area contributed by atoms with Crippen LogP contribution in [0.5, 0.6) is 5.75 Å². The van der Waals surface area contributed by atoms with Crippen molar-refractivity contribution in [2.45, 2.75) is 25.7 Å². The average Bonchev–Trinajstić information content (AvgIpc) is 3.08. The number of ether oxygens (including phenoxy) is 1. The zero-order chi connectivity index (χ0) is 21.7. The Morgan fingerprint density at radius 3 is 2.57 bits per heavy atom. The van der Waals surface area contributed by atoms with Crippen molar-refractivity contribution in [3.05, 3.63) is 54.1 Å². The number of amides is 2. The van der Waals surface area contributed by atoms with Crippen molar-refractivity contribution < 1.29 is 27.5 Å². The van der Waals surface area contributed by atoms with Gasteiger partial charge in [0.15, 0.2) is 0 Å². The fourth-order valence-corrected chi connectivity index (χ4v) is 3.28. The quantitative estimate of drug-likeness (QED) is 0.739. The second kappa shape index (κ2) is 9.17. The highest BCUT2D eigenvalue weighted by atomic mass is 19.4. The number of anilines is 2. The van der Waals surface area contributed by atoms with E-state index in [1.807, 2.05) is 6.07 Å². The summed E-state index contributed by atoms with van der Waals surface area (Å²) < 4.78 is 40.5. The standard InChI is InChI=1S/C21H22F3N3O3/c1-26(13-15-7-9-18(10-8-15)30-21(22,23)24)14-19(28)25-16-4-2-5-17(12-16)27-11-3-6-20(27)29/h2,4-5,7-10,12H,3,6,11,13-14H2,1H3,(H,25,28). The third-order valence-corrected chi connectivity index (χ3v) is 4.54. The number of carbonyl (C=O) groups excluding carboxylic acids is 2. The molecule has 2 aromatic rings. The van der Waals surface area contributed by atoms with Crippen LogP contribution in [0.25, 0.3) is 0 Å². The van der Waals surface area contributed by atoms with E-state index >= 15 is 0 Å². The van der Waals surface area contributed by atoms with Crippen LogP contribution in [0.4, 0.5) is 24.5 Å². The first-order valence-electron chi connectivity index (χ1n) is 9.43. The van der Waals surface area contributed by atoms with E-state index in [4.69, 9.17) is 0 Å². The van der Waals surface area contributed by atoms with Crippen LogP contribution in [0.3, 0.4) is 0 Å². The molecule has 30 heavy (non-hydrogen) atoms. The summed E-state index contributed by atoms with van der Waals surface area (Å²) in [5.41, 5.74) is 2.10. The lowest BCUT2D eigenvalue weighted by atomic mass is 10.2. The number of benzene rings is 2. The second-order valence-corrected chi connectivity index (χ2v) is 7.11. The van der Waals surface area contributed by atoms with Gasteiger partial charge in [-0.2, -0.15) is 0 Å². The molecular weight excluding hydrogens is 399 g/mol. The summed E-state index contributed by atoms with van der Waals surface area (Å²) in [6.07, 6.45) is -3.37. The summed E-state index contributed by atoms with van der Waals surface area (Å²) in [5.74, 6) is -0.452. The van der Waals surface area contributed by atoms with Crippen molar-refractivity contribution in [2.75, 3.05) is 30.4 Å². The Morgan fingerprint density at radius 2 is 1.93 bits per heavy atom. The molecule has 1 heterocycles. The molecule has 0 atom stereocenters. The minimum absolute atomic E-state index is 0.0739. The van der Waals surface area contributed by atoms with Gasteiger partial charge in [-0.1, -0.05) is 18.2 Å². The van der Waals surface area contributed by atoms with Crippen LogP contribution in [0.2, 0.25) is 0 Å². The molecule has 1 N–H and O–H groups in total. The van der Waals surface area contributed by atoms with Gasteiger partial charge in [0.1, 0.15) is 5.75 Å². The van der Waals surface area contributed by atoms with Crippen LogP contribution in [-0.2, 0) is 16.1 Å². The average molecular weight is 421 g/mol. The molecule has 6 nitrogen and oxygen atoms in total. The molecule has 1 aliphatic rings. The van der Waals surface area contributed by atoms with E-state index in [2.05, 4.69) is 10.1 Å². The fraction of sp³-hybridized carbons (Fsp3) is 0.333. The van der Waals surface area contributed by atoms with Crippen LogP contribution >= 0.6 is 0 Å². The van der Waals surface area contributed by atoms with Gasteiger partial charge in [0.25, 0.3) is 0 Å². The topological polar surface area (TPSA) is 61.9 Å². The maximum absolute atomic E-state index is 12.3. The van der Waals surface area contributed by atoms with E-state index in [1.54, 1.807) is 35.0 Å². The molecule has 0 bridgehead atoms. The number of halogens is 3. The van der Waals surface area contributed by atoms with Gasteiger partial charge >= 0.3 is 6.36 Å². The molecule has 0 radical (unpaired) electrons. The summed E-state index contributed by atoms with van der Waals surface area (Å²) in [6, 6.07) is 12.6. The summed E-state index contributed by atoms with van der Waals surface area (Å²) in [7, 11) is 1.74. The monoisotopic (exact) mass is 421 g/mol. The van der Waals surface area contributed by atoms with Crippen LogP contribution < -0.4 is 15.0 Å². The smallest absolute Gasteiger partial charge is 0.406 e. The van der Waals surface area contributed by atoms with Crippen molar-refractivity contribution in [1.82, 2.24) is 4.90 Å². The Labute approximate surface area is 172 Å². The highest BCUT2D eigenvalue weighted by Crippen LogP contribution is 2.25. The third-order valence-electron chi connectivity index (χ3n) is 4.54. The minimum Gasteiger partial charge on any atom is -0.406 e. The van der Waals surface area contributed by atoms with E-state index in [1.165, 1.54) is 24.3 Å². The minimum atomic E-state index is -4.73. The van der Waals surface area contributed by atoms with Crippen LogP contribution in [0.1, 0.15) is 18.4 Å². The molecule has 0 spiro atoms. The SMILES string of the molecule is CN(CC(=O)Nc1cccc(N2CCCC2=O)c1)Cc1ccc(OC(F)(F)F)cc1. The van der Waals surface area contributed by atoms with Crippen molar-refractivity contribution in [2.24, 2.45) is 0 Å². The lowest BCUT2D eigenvalue weighted by Crippen LogP contribution is -2.30. The normalized spacial score (nSPS) is 14.3. The first-order chi connectivity index (χ1) is 14.2. The van der Waals surface area contributed by atoms with Gasteiger partial charge in [0.05, 0.1) is 6.54 Å². The highest BCUT2D eigenvalue weighted by molar-refractivity contribution is 5.97. The Hall–Kier alpha value is -3.07. The molecule has 0 saturated carbocycles. The van der Waals surface area contributed by atoms with Crippen molar-refractivity contribution >= 4 is 23.2 Å². The fourth-order valence-electron chi connectivity index (χ4n) is 3.28. The molecule has 1 fully saturated rings. The van der Waals surface area contributed by atoms with Gasteiger partial charge < -0.3 is 15.0 Å². The summed E-state index contributed by atoms with van der Waals surface area (Å²) >= 11 is 0. The number of nitrogens with zero attached hydrogens (tertiary/aromatic N) is 2. The molecule has 160 valence electrons. The van der Waals surface area contributed by atoms with Gasteiger partial charge in [-0.05, 0) is 49.4 Å². The zero-order valence-corrected chi connectivity index (χ0v) is 16.4. The van der Waals surface area contributed by atoms with Gasteiger partial charge in [0.2, 0.25) is 11.8 Å². The molecule has 0 aromatic heterocycles. The predicted octanol–water partition coefficient (Wildman–Crippen LogP) is 3.78. The number of carbonyl (C=O) groups is 2. The maximum Gasteiger partial charge on any atom is 0.573 e. The number of hydrogen-bond acceptors (Lipinski definition) is 4. The molecular formula is C21H22F3N3O3. The first-order valence-corrected chi connectivity index (χ1v) is 9.43. The van der Waals surface area contributed by atoms with Gasteiger partial charge in [-0.25, -0.2) is 0 Å². The second-order valence-electron chi connectivity index (χ2n) is 7.11. The third kappa shape index (κ3) is 6.21. The van der Waals surface area contributed by atoms with Crippen LogP contribution in [0, 0.1) is 0 Å². The van der Waals surface area contributed by atoms with E-state index in [0.29, 0.717) is 25.2 Å².